The molecule has 25 heavy (non-hydrogen) atoms. The first-order valence-corrected chi connectivity index (χ1v) is 10.5. The molecule has 0 saturated heterocycles. The van der Waals surface area contributed by atoms with E-state index < -0.39 is 18.0 Å². The monoisotopic (exact) mass is 358 g/mol. The molecule has 0 aromatic heterocycles. The number of unbranched alkanes of at least 4 members (excludes halogenated alkanes) is 13. The zero-order valence-corrected chi connectivity index (χ0v) is 16.7. The van der Waals surface area contributed by atoms with Gasteiger partial charge in [-0.05, 0) is 13.3 Å². The van der Waals surface area contributed by atoms with E-state index in [1.54, 1.807) is 0 Å². The molecule has 2 N–H and O–H groups in total. The molecule has 1 unspecified atom stereocenters. The molecule has 4 heteroatoms. The Morgan fingerprint density at radius 2 is 1.20 bits per heavy atom. The van der Waals surface area contributed by atoms with Gasteiger partial charge in [-0.2, -0.15) is 0 Å². The lowest BCUT2D eigenvalue weighted by Crippen LogP contribution is -2.45. The Balaban J connectivity index is 3.23. The molecule has 0 aliphatic heterocycles. The molecule has 1 atom stereocenters. The predicted molar refractivity (Wildman–Crippen MR) is 104 cm³/mol. The molecule has 150 valence electrons. The molecule has 0 aliphatic carbocycles. The van der Waals surface area contributed by atoms with Crippen molar-refractivity contribution in [2.45, 2.75) is 109 Å². The summed E-state index contributed by atoms with van der Waals surface area (Å²) in [5.41, 5.74) is -1.73. The van der Waals surface area contributed by atoms with Gasteiger partial charge >= 0.3 is 0 Å². The summed E-state index contributed by atoms with van der Waals surface area (Å²) in [6.07, 6.45) is 18.4. The van der Waals surface area contributed by atoms with E-state index in [9.17, 15) is 9.90 Å². The van der Waals surface area contributed by atoms with Crippen molar-refractivity contribution in [2.24, 2.45) is 0 Å². The zero-order chi connectivity index (χ0) is 18.8. The molecular formula is C21H42O4. The second kappa shape index (κ2) is 17.0. The van der Waals surface area contributed by atoms with Gasteiger partial charge in [0.25, 0.3) is 0 Å². The number of ketones is 1. The molecular weight excluding hydrogens is 316 g/mol. The van der Waals surface area contributed by atoms with Crippen molar-refractivity contribution in [1.29, 1.82) is 0 Å². The first kappa shape index (κ1) is 24.6. The van der Waals surface area contributed by atoms with E-state index in [0.29, 0.717) is 6.61 Å². The molecule has 4 nitrogen and oxygen atoms in total. The van der Waals surface area contributed by atoms with Gasteiger partial charge < -0.3 is 14.9 Å². The van der Waals surface area contributed by atoms with Gasteiger partial charge in [-0.3, -0.25) is 4.79 Å². The van der Waals surface area contributed by atoms with Gasteiger partial charge in [0.2, 0.25) is 0 Å². The van der Waals surface area contributed by atoms with Gasteiger partial charge in [-0.25, -0.2) is 0 Å². The smallest absolute Gasteiger partial charge is 0.168 e. The molecule has 0 saturated carbocycles. The zero-order valence-electron chi connectivity index (χ0n) is 16.7. The van der Waals surface area contributed by atoms with Gasteiger partial charge in [0.15, 0.2) is 11.4 Å². The third-order valence-electron chi connectivity index (χ3n) is 4.90. The Labute approximate surface area is 155 Å². The Morgan fingerprint density at radius 3 is 1.56 bits per heavy atom. The number of hydrogen-bond acceptors (Lipinski definition) is 4. The summed E-state index contributed by atoms with van der Waals surface area (Å²) in [4.78, 5) is 11.2. The Hall–Kier alpha value is -0.450. The molecule has 0 bridgehead atoms. The van der Waals surface area contributed by atoms with Crippen LogP contribution in [0.15, 0.2) is 0 Å². The molecule has 0 aromatic carbocycles. The highest BCUT2D eigenvalue weighted by atomic mass is 16.5. The van der Waals surface area contributed by atoms with Crippen LogP contribution in [0, 0.1) is 0 Å². The van der Waals surface area contributed by atoms with Crippen LogP contribution >= 0.6 is 0 Å². The highest BCUT2D eigenvalue weighted by Crippen LogP contribution is 2.13. The highest BCUT2D eigenvalue weighted by molar-refractivity contribution is 5.84. The molecule has 0 aromatic rings. The second-order valence-corrected chi connectivity index (χ2v) is 7.39. The Morgan fingerprint density at radius 1 is 0.800 bits per heavy atom. The van der Waals surface area contributed by atoms with Crippen LogP contribution in [-0.4, -0.2) is 41.4 Å². The maximum atomic E-state index is 11.2. The van der Waals surface area contributed by atoms with E-state index in [1.165, 1.54) is 84.0 Å². The van der Waals surface area contributed by atoms with Gasteiger partial charge in [-0.15, -0.1) is 0 Å². The van der Waals surface area contributed by atoms with E-state index in [2.05, 4.69) is 6.92 Å². The number of carbonyl (C=O) groups excluding carboxylic acids is 1. The largest absolute Gasteiger partial charge is 0.393 e. The highest BCUT2D eigenvalue weighted by Gasteiger charge is 2.31. The fourth-order valence-corrected chi connectivity index (χ4v) is 2.90. The number of aliphatic hydroxyl groups is 2. The van der Waals surface area contributed by atoms with Crippen molar-refractivity contribution in [1.82, 2.24) is 0 Å². The second-order valence-electron chi connectivity index (χ2n) is 7.39. The number of aliphatic hydroxyl groups excluding tert-OH is 1. The number of carbonyl (C=O) groups is 1. The van der Waals surface area contributed by atoms with Gasteiger partial charge in [0.05, 0.1) is 13.2 Å². The van der Waals surface area contributed by atoms with Crippen LogP contribution in [0.25, 0.3) is 0 Å². The number of Topliss-reactive ketones (excluding diaryl/α,β-unsaturated/α-hetero) is 1. The van der Waals surface area contributed by atoms with Crippen molar-refractivity contribution < 1.29 is 19.7 Å². The lowest BCUT2D eigenvalue weighted by molar-refractivity contribution is -0.147. The van der Waals surface area contributed by atoms with Gasteiger partial charge in [0, 0.05) is 6.61 Å². The van der Waals surface area contributed by atoms with E-state index in [1.807, 2.05) is 0 Å². The van der Waals surface area contributed by atoms with Crippen molar-refractivity contribution >= 4 is 5.78 Å². The Kier molecular flexibility index (Phi) is 16.7. The summed E-state index contributed by atoms with van der Waals surface area (Å²) in [5, 5.41) is 18.8. The van der Waals surface area contributed by atoms with Crippen molar-refractivity contribution in [3.8, 4) is 0 Å². The van der Waals surface area contributed by atoms with Crippen LogP contribution in [-0.2, 0) is 9.53 Å². The molecule has 0 amide bonds. The van der Waals surface area contributed by atoms with Crippen LogP contribution < -0.4 is 0 Å². The maximum absolute atomic E-state index is 11.2. The fourth-order valence-electron chi connectivity index (χ4n) is 2.90. The van der Waals surface area contributed by atoms with Crippen molar-refractivity contribution in [3.63, 3.8) is 0 Å². The minimum absolute atomic E-state index is 0.114. The van der Waals surface area contributed by atoms with E-state index in [-0.39, 0.29) is 6.61 Å². The number of hydrogen-bond donors (Lipinski definition) is 2. The van der Waals surface area contributed by atoms with Crippen LogP contribution in [0.5, 0.6) is 0 Å². The van der Waals surface area contributed by atoms with Crippen LogP contribution in [0.1, 0.15) is 104 Å². The normalized spacial score (nSPS) is 13.8. The molecule has 0 spiro atoms. The maximum Gasteiger partial charge on any atom is 0.168 e. The number of rotatable bonds is 19. The van der Waals surface area contributed by atoms with Crippen LogP contribution in [0.2, 0.25) is 0 Å². The average molecular weight is 359 g/mol. The van der Waals surface area contributed by atoms with Crippen LogP contribution in [0.3, 0.4) is 0 Å². The summed E-state index contributed by atoms with van der Waals surface area (Å²) in [5.74, 6) is -0.448. The Bertz CT molecular complexity index is 306. The SMILES string of the molecule is CCCCCCCCCCCCCCCCOCC(O)(CO)C(C)=O. The van der Waals surface area contributed by atoms with Crippen molar-refractivity contribution in [3.05, 3.63) is 0 Å². The third-order valence-corrected chi connectivity index (χ3v) is 4.90. The molecule has 0 fully saturated rings. The standard InChI is InChI=1S/C21H42O4/c1-3-4-5-6-7-8-9-10-11-12-13-14-15-16-17-25-19-21(24,18-22)20(2)23/h22,24H,3-19H2,1-2H3. The number of ether oxygens (including phenoxy) is 1. The fraction of sp³-hybridized carbons (Fsp3) is 0.952. The summed E-state index contributed by atoms with van der Waals surface area (Å²) in [6, 6.07) is 0. The minimum atomic E-state index is -1.73. The van der Waals surface area contributed by atoms with E-state index >= 15 is 0 Å². The van der Waals surface area contributed by atoms with Crippen LogP contribution in [0.4, 0.5) is 0 Å². The van der Waals surface area contributed by atoms with Crippen molar-refractivity contribution in [2.75, 3.05) is 19.8 Å². The van der Waals surface area contributed by atoms with Gasteiger partial charge in [0.1, 0.15) is 0 Å². The molecule has 0 rings (SSSR count). The van der Waals surface area contributed by atoms with E-state index in [4.69, 9.17) is 9.84 Å². The topological polar surface area (TPSA) is 66.8 Å². The summed E-state index contributed by atoms with van der Waals surface area (Å²) < 4.78 is 5.33. The van der Waals surface area contributed by atoms with E-state index in [0.717, 1.165) is 12.8 Å². The quantitative estimate of drug-likeness (QED) is 0.326. The minimum Gasteiger partial charge on any atom is -0.393 e. The van der Waals surface area contributed by atoms with Gasteiger partial charge in [-0.1, -0.05) is 90.4 Å². The first-order valence-electron chi connectivity index (χ1n) is 10.5. The predicted octanol–water partition coefficient (Wildman–Crippen LogP) is 4.80. The molecule has 0 aliphatic rings. The summed E-state index contributed by atoms with van der Waals surface area (Å²) in [6.45, 7) is 3.37. The third kappa shape index (κ3) is 14.4. The molecule has 0 radical (unpaired) electrons. The first-order chi connectivity index (χ1) is 12.1. The summed E-state index contributed by atoms with van der Waals surface area (Å²) >= 11 is 0. The molecule has 0 heterocycles. The lowest BCUT2D eigenvalue weighted by atomic mass is 10.0. The summed E-state index contributed by atoms with van der Waals surface area (Å²) in [7, 11) is 0. The lowest BCUT2D eigenvalue weighted by Gasteiger charge is -2.22. The average Bonchev–Trinajstić information content (AvgIpc) is 2.61.